The highest BCUT2D eigenvalue weighted by Crippen LogP contribution is 2.54. The average Bonchev–Trinajstić information content (AvgIpc) is 2.24. The number of benzene rings is 1. The van der Waals surface area contributed by atoms with E-state index < -0.39 is 41.7 Å². The van der Waals surface area contributed by atoms with Crippen LogP contribution >= 0.6 is 0 Å². The Hall–Kier alpha value is -1.24. The van der Waals surface area contributed by atoms with Crippen molar-refractivity contribution in [2.24, 2.45) is 5.73 Å². The van der Waals surface area contributed by atoms with Crippen LogP contribution in [0.3, 0.4) is 0 Å². The first kappa shape index (κ1) is 14.2. The summed E-state index contributed by atoms with van der Waals surface area (Å²) in [6, 6.07) is 2.68. The van der Waals surface area contributed by atoms with Gasteiger partial charge in [0.25, 0.3) is 0 Å². The summed E-state index contributed by atoms with van der Waals surface area (Å²) in [4.78, 5) is 0. The van der Waals surface area contributed by atoms with Gasteiger partial charge in [-0.15, -0.1) is 0 Å². The average molecular weight is 283 g/mol. The van der Waals surface area contributed by atoms with E-state index in [0.29, 0.717) is 6.07 Å². The van der Waals surface area contributed by atoms with Crippen LogP contribution in [0.1, 0.15) is 24.0 Å². The molecular formula is C12H11F6N. The second-order valence-corrected chi connectivity index (χ2v) is 4.86. The molecule has 1 saturated carbocycles. The summed E-state index contributed by atoms with van der Waals surface area (Å²) >= 11 is 0. The molecule has 1 aliphatic carbocycles. The lowest BCUT2D eigenvalue weighted by Gasteiger charge is -2.47. The third-order valence-electron chi connectivity index (χ3n) is 3.46. The minimum absolute atomic E-state index is 0.319. The van der Waals surface area contributed by atoms with Gasteiger partial charge in [0.1, 0.15) is 5.82 Å². The van der Waals surface area contributed by atoms with Gasteiger partial charge in [-0.25, -0.2) is 13.2 Å². The van der Waals surface area contributed by atoms with Gasteiger partial charge in [0.05, 0.1) is 5.56 Å². The van der Waals surface area contributed by atoms with Crippen molar-refractivity contribution in [3.63, 3.8) is 0 Å². The van der Waals surface area contributed by atoms with E-state index in [1.54, 1.807) is 0 Å². The molecule has 1 aromatic carbocycles. The Balaban J connectivity index is 2.47. The maximum atomic E-state index is 13.9. The van der Waals surface area contributed by atoms with E-state index in [-0.39, 0.29) is 12.1 Å². The highest BCUT2D eigenvalue weighted by Gasteiger charge is 2.57. The van der Waals surface area contributed by atoms with Gasteiger partial charge in [-0.1, -0.05) is 12.1 Å². The van der Waals surface area contributed by atoms with E-state index in [9.17, 15) is 26.3 Å². The zero-order valence-corrected chi connectivity index (χ0v) is 9.70. The van der Waals surface area contributed by atoms with Crippen molar-refractivity contribution in [1.82, 2.24) is 0 Å². The first-order valence-electron chi connectivity index (χ1n) is 5.55. The normalized spacial score (nSPS) is 21.0. The Labute approximate surface area is 105 Å². The molecule has 106 valence electrons. The summed E-state index contributed by atoms with van der Waals surface area (Å²) in [5.74, 6) is -4.50. The molecule has 0 atom stereocenters. The molecule has 1 aliphatic rings. The molecule has 7 heteroatoms. The summed E-state index contributed by atoms with van der Waals surface area (Å²) in [5.41, 5.74) is 2.13. The summed E-state index contributed by atoms with van der Waals surface area (Å²) in [6.45, 7) is -0.319. The molecule has 19 heavy (non-hydrogen) atoms. The van der Waals surface area contributed by atoms with E-state index in [2.05, 4.69) is 0 Å². The third-order valence-corrected chi connectivity index (χ3v) is 3.46. The highest BCUT2D eigenvalue weighted by atomic mass is 19.4. The topological polar surface area (TPSA) is 26.0 Å². The summed E-state index contributed by atoms with van der Waals surface area (Å²) in [7, 11) is 0. The fraction of sp³-hybridized carbons (Fsp3) is 0.500. The predicted molar refractivity (Wildman–Crippen MR) is 56.3 cm³/mol. The van der Waals surface area contributed by atoms with Crippen LogP contribution in [0.2, 0.25) is 0 Å². The van der Waals surface area contributed by atoms with Crippen molar-refractivity contribution in [2.45, 2.75) is 30.4 Å². The monoisotopic (exact) mass is 283 g/mol. The Morgan fingerprint density at radius 2 is 1.74 bits per heavy atom. The largest absolute Gasteiger partial charge is 0.419 e. The van der Waals surface area contributed by atoms with Gasteiger partial charge < -0.3 is 5.73 Å². The van der Waals surface area contributed by atoms with Crippen molar-refractivity contribution in [3.05, 3.63) is 35.1 Å². The SMILES string of the molecule is NCC1(c2cccc(C(F)(F)F)c2F)CC(F)(F)C1. The van der Waals surface area contributed by atoms with Crippen molar-refractivity contribution >= 4 is 0 Å². The van der Waals surface area contributed by atoms with E-state index in [1.807, 2.05) is 0 Å². The number of nitrogens with two attached hydrogens (primary N) is 1. The minimum Gasteiger partial charge on any atom is -0.330 e. The molecule has 2 N–H and O–H groups in total. The number of rotatable bonds is 2. The lowest BCUT2D eigenvalue weighted by atomic mass is 9.61. The van der Waals surface area contributed by atoms with Crippen molar-refractivity contribution in [1.29, 1.82) is 0 Å². The van der Waals surface area contributed by atoms with Gasteiger partial charge >= 0.3 is 6.18 Å². The molecule has 0 unspecified atom stereocenters. The standard InChI is InChI=1S/C12H11F6N/c13-9-7(2-1-3-8(9)12(16,17)18)10(6-19)4-11(14,15)5-10/h1-3H,4-6,19H2. The smallest absolute Gasteiger partial charge is 0.330 e. The summed E-state index contributed by atoms with van der Waals surface area (Å²) in [5, 5.41) is 0. The molecule has 0 radical (unpaired) electrons. The van der Waals surface area contributed by atoms with Gasteiger partial charge in [0.15, 0.2) is 0 Å². The molecule has 0 aromatic heterocycles. The predicted octanol–water partition coefficient (Wildman–Crippen LogP) is 3.47. The number of hydrogen-bond donors (Lipinski definition) is 1. The number of hydrogen-bond acceptors (Lipinski definition) is 1. The van der Waals surface area contributed by atoms with Crippen LogP contribution in [0.15, 0.2) is 18.2 Å². The van der Waals surface area contributed by atoms with Gasteiger partial charge in [-0.2, -0.15) is 13.2 Å². The minimum atomic E-state index is -4.86. The molecule has 0 spiro atoms. The number of halogens is 6. The van der Waals surface area contributed by atoms with Crippen LogP contribution in [-0.2, 0) is 11.6 Å². The van der Waals surface area contributed by atoms with E-state index >= 15 is 0 Å². The lowest BCUT2D eigenvalue weighted by molar-refractivity contribution is -0.141. The molecule has 1 fully saturated rings. The Morgan fingerprint density at radius 3 is 2.16 bits per heavy atom. The van der Waals surface area contributed by atoms with E-state index in [0.717, 1.165) is 12.1 Å². The molecule has 0 amide bonds. The molecule has 0 saturated heterocycles. The van der Waals surface area contributed by atoms with Gasteiger partial charge in [-0.3, -0.25) is 0 Å². The van der Waals surface area contributed by atoms with Crippen LogP contribution in [0.4, 0.5) is 26.3 Å². The first-order valence-corrected chi connectivity index (χ1v) is 5.55. The molecule has 1 nitrogen and oxygen atoms in total. The maximum absolute atomic E-state index is 13.9. The van der Waals surface area contributed by atoms with Crippen LogP contribution in [0, 0.1) is 5.82 Å². The Bertz CT molecular complexity index is 485. The van der Waals surface area contributed by atoms with Crippen LogP contribution < -0.4 is 5.73 Å². The van der Waals surface area contributed by atoms with Crippen molar-refractivity contribution < 1.29 is 26.3 Å². The van der Waals surface area contributed by atoms with Crippen LogP contribution in [-0.4, -0.2) is 12.5 Å². The summed E-state index contributed by atoms with van der Waals surface area (Å²) < 4.78 is 77.6. The second-order valence-electron chi connectivity index (χ2n) is 4.86. The molecular weight excluding hydrogens is 272 g/mol. The van der Waals surface area contributed by atoms with Crippen molar-refractivity contribution in [2.75, 3.05) is 6.54 Å². The molecule has 1 aromatic rings. The molecule has 0 aliphatic heterocycles. The lowest BCUT2D eigenvalue weighted by Crippen LogP contribution is -2.54. The highest BCUT2D eigenvalue weighted by molar-refractivity contribution is 5.37. The molecule has 0 bridgehead atoms. The molecule has 0 heterocycles. The maximum Gasteiger partial charge on any atom is 0.419 e. The van der Waals surface area contributed by atoms with Crippen LogP contribution in [0.25, 0.3) is 0 Å². The van der Waals surface area contributed by atoms with Gasteiger partial charge in [-0.05, 0) is 11.6 Å². The zero-order valence-electron chi connectivity index (χ0n) is 9.70. The Morgan fingerprint density at radius 1 is 1.16 bits per heavy atom. The van der Waals surface area contributed by atoms with Crippen LogP contribution in [0.5, 0.6) is 0 Å². The quantitative estimate of drug-likeness (QED) is 0.826. The second kappa shape index (κ2) is 4.13. The molecule has 2 rings (SSSR count). The van der Waals surface area contributed by atoms with E-state index in [1.165, 1.54) is 0 Å². The van der Waals surface area contributed by atoms with Gasteiger partial charge in [0, 0.05) is 24.8 Å². The first-order chi connectivity index (χ1) is 8.61. The van der Waals surface area contributed by atoms with Crippen molar-refractivity contribution in [3.8, 4) is 0 Å². The third kappa shape index (κ3) is 2.31. The fourth-order valence-electron chi connectivity index (χ4n) is 2.54. The zero-order chi connectivity index (χ0) is 14.5. The van der Waals surface area contributed by atoms with E-state index in [4.69, 9.17) is 5.73 Å². The fourth-order valence-corrected chi connectivity index (χ4v) is 2.54. The Kier molecular flexibility index (Phi) is 3.08. The number of alkyl halides is 5. The van der Waals surface area contributed by atoms with Gasteiger partial charge in [0.2, 0.25) is 5.92 Å². The summed E-state index contributed by atoms with van der Waals surface area (Å²) in [6.07, 6.45) is -6.31.